The molecule has 0 amide bonds. The van der Waals surface area contributed by atoms with E-state index in [1.165, 1.54) is 11.1 Å². The van der Waals surface area contributed by atoms with Crippen LogP contribution in [0, 0.1) is 0 Å². The first-order valence-electron chi connectivity index (χ1n) is 7.68. The Labute approximate surface area is 127 Å². The molecule has 21 heavy (non-hydrogen) atoms. The lowest BCUT2D eigenvalue weighted by atomic mass is 9.97. The molecule has 4 heteroatoms. The predicted molar refractivity (Wildman–Crippen MR) is 85.7 cm³/mol. The zero-order valence-electron chi connectivity index (χ0n) is 13.4. The van der Waals surface area contributed by atoms with Gasteiger partial charge in [-0.05, 0) is 26.0 Å². The molecule has 0 aliphatic heterocycles. The lowest BCUT2D eigenvalue weighted by Gasteiger charge is -2.21. The minimum Gasteiger partial charge on any atom is -0.494 e. The normalized spacial score (nSPS) is 12.4. The molecule has 0 aliphatic carbocycles. The second-order valence-corrected chi connectivity index (χ2v) is 5.02. The van der Waals surface area contributed by atoms with Crippen LogP contribution in [0.25, 0.3) is 0 Å². The van der Waals surface area contributed by atoms with Gasteiger partial charge in [-0.15, -0.1) is 0 Å². The lowest BCUT2D eigenvalue weighted by molar-refractivity contribution is 0.333. The molecule has 1 aromatic heterocycles. The molecule has 0 saturated carbocycles. The first-order valence-corrected chi connectivity index (χ1v) is 7.68. The van der Waals surface area contributed by atoms with Gasteiger partial charge in [-0.1, -0.05) is 32.0 Å². The van der Waals surface area contributed by atoms with Crippen LogP contribution in [0.4, 0.5) is 0 Å². The molecular formula is C17H25N3O. The van der Waals surface area contributed by atoms with E-state index in [1.54, 1.807) is 0 Å². The SMILES string of the molecule is CCNC(c1ccccc1OCC)c1cn(C)nc1CC. The molecule has 1 heterocycles. The van der Waals surface area contributed by atoms with Crippen LogP contribution < -0.4 is 10.1 Å². The minimum absolute atomic E-state index is 0.112. The molecule has 0 bridgehead atoms. The van der Waals surface area contributed by atoms with E-state index in [0.717, 1.165) is 24.4 Å². The zero-order valence-corrected chi connectivity index (χ0v) is 13.4. The average molecular weight is 287 g/mol. The van der Waals surface area contributed by atoms with E-state index in [9.17, 15) is 0 Å². The molecule has 1 aromatic carbocycles. The number of hydrogen-bond acceptors (Lipinski definition) is 3. The van der Waals surface area contributed by atoms with Gasteiger partial charge in [-0.3, -0.25) is 4.68 Å². The topological polar surface area (TPSA) is 39.1 Å². The summed E-state index contributed by atoms with van der Waals surface area (Å²) < 4.78 is 7.69. The maximum Gasteiger partial charge on any atom is 0.124 e. The third kappa shape index (κ3) is 3.45. The second-order valence-electron chi connectivity index (χ2n) is 5.02. The van der Waals surface area contributed by atoms with Crippen molar-refractivity contribution in [1.29, 1.82) is 0 Å². The lowest BCUT2D eigenvalue weighted by Crippen LogP contribution is -2.23. The van der Waals surface area contributed by atoms with Crippen LogP contribution in [0.1, 0.15) is 43.6 Å². The summed E-state index contributed by atoms with van der Waals surface area (Å²) in [6, 6.07) is 8.35. The number of nitrogens with zero attached hydrogens (tertiary/aromatic N) is 2. The van der Waals surface area contributed by atoms with E-state index < -0.39 is 0 Å². The largest absolute Gasteiger partial charge is 0.494 e. The number of aromatic nitrogens is 2. The highest BCUT2D eigenvalue weighted by Gasteiger charge is 2.21. The van der Waals surface area contributed by atoms with Gasteiger partial charge in [0, 0.05) is 24.4 Å². The molecule has 0 aliphatic rings. The highest BCUT2D eigenvalue weighted by Crippen LogP contribution is 2.31. The van der Waals surface area contributed by atoms with Crippen molar-refractivity contribution in [2.24, 2.45) is 7.05 Å². The monoisotopic (exact) mass is 287 g/mol. The van der Waals surface area contributed by atoms with Crippen LogP contribution in [0.15, 0.2) is 30.5 Å². The molecule has 2 rings (SSSR count). The van der Waals surface area contributed by atoms with Gasteiger partial charge >= 0.3 is 0 Å². The number of ether oxygens (including phenoxy) is 1. The average Bonchev–Trinajstić information content (AvgIpc) is 2.87. The second kappa shape index (κ2) is 7.27. The summed E-state index contributed by atoms with van der Waals surface area (Å²) in [5.74, 6) is 0.942. The molecule has 0 spiro atoms. The first-order chi connectivity index (χ1) is 10.2. The highest BCUT2D eigenvalue weighted by atomic mass is 16.5. The van der Waals surface area contributed by atoms with Crippen molar-refractivity contribution in [2.75, 3.05) is 13.2 Å². The van der Waals surface area contributed by atoms with Gasteiger partial charge in [0.05, 0.1) is 18.3 Å². The number of hydrogen-bond donors (Lipinski definition) is 1. The van der Waals surface area contributed by atoms with Crippen molar-refractivity contribution in [2.45, 2.75) is 33.2 Å². The number of nitrogens with one attached hydrogen (secondary N) is 1. The van der Waals surface area contributed by atoms with Crippen LogP contribution in [-0.2, 0) is 13.5 Å². The smallest absolute Gasteiger partial charge is 0.124 e. The maximum atomic E-state index is 5.80. The van der Waals surface area contributed by atoms with Gasteiger partial charge in [-0.2, -0.15) is 5.10 Å². The quantitative estimate of drug-likeness (QED) is 0.850. The summed E-state index contributed by atoms with van der Waals surface area (Å²) >= 11 is 0. The molecule has 0 radical (unpaired) electrons. The summed E-state index contributed by atoms with van der Waals surface area (Å²) in [4.78, 5) is 0. The zero-order chi connectivity index (χ0) is 15.2. The summed E-state index contributed by atoms with van der Waals surface area (Å²) in [5.41, 5.74) is 3.53. The number of para-hydroxylation sites is 1. The van der Waals surface area contributed by atoms with Crippen LogP contribution >= 0.6 is 0 Å². The van der Waals surface area contributed by atoms with E-state index in [-0.39, 0.29) is 6.04 Å². The van der Waals surface area contributed by atoms with Crippen LogP contribution in [0.5, 0.6) is 5.75 Å². The Balaban J connectivity index is 2.48. The van der Waals surface area contributed by atoms with E-state index in [0.29, 0.717) is 6.61 Å². The van der Waals surface area contributed by atoms with Crippen molar-refractivity contribution in [3.05, 3.63) is 47.3 Å². The standard InChI is InChI=1S/C17H25N3O/c1-5-15-14(12-20(4)19-15)17(18-6-2)13-10-8-9-11-16(13)21-7-3/h8-12,17-18H,5-7H2,1-4H3. The Hall–Kier alpha value is -1.81. The fraction of sp³-hybridized carbons (Fsp3) is 0.471. The fourth-order valence-corrected chi connectivity index (χ4v) is 2.67. The van der Waals surface area contributed by atoms with Crippen molar-refractivity contribution >= 4 is 0 Å². The molecule has 1 N–H and O–H groups in total. The van der Waals surface area contributed by atoms with Gasteiger partial charge in [0.2, 0.25) is 0 Å². The Bertz CT molecular complexity index is 577. The predicted octanol–water partition coefficient (Wildman–Crippen LogP) is 3.08. The summed E-state index contributed by atoms with van der Waals surface area (Å²) in [5, 5.41) is 8.14. The van der Waals surface area contributed by atoms with Crippen LogP contribution in [-0.4, -0.2) is 22.9 Å². The van der Waals surface area contributed by atoms with Crippen molar-refractivity contribution < 1.29 is 4.74 Å². The third-order valence-corrected chi connectivity index (χ3v) is 3.52. The third-order valence-electron chi connectivity index (χ3n) is 3.52. The van der Waals surface area contributed by atoms with Gasteiger partial charge in [-0.25, -0.2) is 0 Å². The van der Waals surface area contributed by atoms with E-state index in [1.807, 2.05) is 30.8 Å². The highest BCUT2D eigenvalue weighted by molar-refractivity contribution is 5.42. The Morgan fingerprint density at radius 2 is 1.95 bits per heavy atom. The Morgan fingerprint density at radius 1 is 1.19 bits per heavy atom. The van der Waals surface area contributed by atoms with Gasteiger partial charge in [0.25, 0.3) is 0 Å². The number of rotatable bonds is 7. The summed E-state index contributed by atoms with van der Waals surface area (Å²) in [7, 11) is 1.97. The Morgan fingerprint density at radius 3 is 2.62 bits per heavy atom. The van der Waals surface area contributed by atoms with Gasteiger partial charge in [0.15, 0.2) is 0 Å². The Kier molecular flexibility index (Phi) is 5.39. The molecule has 1 unspecified atom stereocenters. The van der Waals surface area contributed by atoms with Crippen LogP contribution in [0.3, 0.4) is 0 Å². The molecule has 0 fully saturated rings. The molecule has 4 nitrogen and oxygen atoms in total. The fourth-order valence-electron chi connectivity index (χ4n) is 2.67. The van der Waals surface area contributed by atoms with Crippen molar-refractivity contribution in [3.8, 4) is 5.75 Å². The van der Waals surface area contributed by atoms with Gasteiger partial charge < -0.3 is 10.1 Å². The summed E-state index contributed by atoms with van der Waals surface area (Å²) in [6.45, 7) is 7.84. The summed E-state index contributed by atoms with van der Waals surface area (Å²) in [6.07, 6.45) is 3.03. The molecule has 0 saturated heterocycles. The van der Waals surface area contributed by atoms with E-state index in [2.05, 4.69) is 42.6 Å². The first kappa shape index (κ1) is 15.6. The minimum atomic E-state index is 0.112. The number of aryl methyl sites for hydroxylation is 2. The van der Waals surface area contributed by atoms with E-state index >= 15 is 0 Å². The maximum absolute atomic E-state index is 5.80. The molecule has 2 aromatic rings. The van der Waals surface area contributed by atoms with Crippen LogP contribution in [0.2, 0.25) is 0 Å². The van der Waals surface area contributed by atoms with Crippen molar-refractivity contribution in [1.82, 2.24) is 15.1 Å². The molecular weight excluding hydrogens is 262 g/mol. The van der Waals surface area contributed by atoms with E-state index in [4.69, 9.17) is 4.74 Å². The molecule has 1 atom stereocenters. The van der Waals surface area contributed by atoms with Gasteiger partial charge in [0.1, 0.15) is 5.75 Å². The molecule has 114 valence electrons. The van der Waals surface area contributed by atoms with Crippen molar-refractivity contribution in [3.63, 3.8) is 0 Å². The number of benzene rings is 1.